The second-order valence-corrected chi connectivity index (χ2v) is 7.31. The molecule has 1 N–H and O–H groups in total. The molecule has 23 heavy (non-hydrogen) atoms. The van der Waals surface area contributed by atoms with E-state index in [0.29, 0.717) is 6.10 Å². The van der Waals surface area contributed by atoms with Crippen molar-refractivity contribution in [1.82, 2.24) is 10.2 Å². The van der Waals surface area contributed by atoms with Gasteiger partial charge in [0.05, 0.1) is 13.2 Å². The zero-order valence-electron chi connectivity index (χ0n) is 13.9. The summed E-state index contributed by atoms with van der Waals surface area (Å²) in [7, 11) is 1.73. The monoisotopic (exact) mass is 382 g/mol. The smallest absolute Gasteiger partial charge is 0.162 e. The Morgan fingerprint density at radius 3 is 2.61 bits per heavy atom. The van der Waals surface area contributed by atoms with Gasteiger partial charge in [0, 0.05) is 37.2 Å². The highest BCUT2D eigenvalue weighted by Gasteiger charge is 2.20. The first-order valence-corrected chi connectivity index (χ1v) is 9.51. The molecule has 0 amide bonds. The van der Waals surface area contributed by atoms with Crippen molar-refractivity contribution in [2.75, 3.05) is 39.8 Å². The standard InChI is InChI=1S/C18H27BrN2O2/c1-22-17-12-14(6-9-21-10-7-20-8-11-21)16(19)13-18(17)23-15-4-2-3-5-15/h12-13,15,20H,2-11H2,1H3. The third-order valence-electron chi connectivity index (χ3n) is 4.84. The molecule has 0 spiro atoms. The van der Waals surface area contributed by atoms with Crippen LogP contribution in [-0.4, -0.2) is 50.8 Å². The Kier molecular flexibility index (Phi) is 6.20. The summed E-state index contributed by atoms with van der Waals surface area (Å²) in [5.74, 6) is 1.73. The minimum atomic E-state index is 0.350. The van der Waals surface area contributed by atoms with E-state index in [1.54, 1.807) is 7.11 Å². The van der Waals surface area contributed by atoms with E-state index < -0.39 is 0 Å². The van der Waals surface area contributed by atoms with Crippen LogP contribution in [0.4, 0.5) is 0 Å². The van der Waals surface area contributed by atoms with Crippen molar-refractivity contribution in [3.05, 3.63) is 22.2 Å². The third kappa shape index (κ3) is 4.61. The summed E-state index contributed by atoms with van der Waals surface area (Å²) in [6.45, 7) is 5.55. The lowest BCUT2D eigenvalue weighted by Crippen LogP contribution is -2.44. The van der Waals surface area contributed by atoms with Crippen LogP contribution in [0.25, 0.3) is 0 Å². The summed E-state index contributed by atoms with van der Waals surface area (Å²) in [6, 6.07) is 4.22. The maximum atomic E-state index is 6.15. The van der Waals surface area contributed by atoms with Gasteiger partial charge in [0.2, 0.25) is 0 Å². The van der Waals surface area contributed by atoms with Crippen LogP contribution in [0.5, 0.6) is 11.5 Å². The zero-order chi connectivity index (χ0) is 16.1. The number of halogens is 1. The predicted molar refractivity (Wildman–Crippen MR) is 96.6 cm³/mol. The molecular weight excluding hydrogens is 356 g/mol. The van der Waals surface area contributed by atoms with Gasteiger partial charge in [-0.3, -0.25) is 0 Å². The number of ether oxygens (including phenoxy) is 2. The zero-order valence-corrected chi connectivity index (χ0v) is 15.5. The molecule has 4 nitrogen and oxygen atoms in total. The van der Waals surface area contributed by atoms with Crippen LogP contribution in [0.2, 0.25) is 0 Å². The summed E-state index contributed by atoms with van der Waals surface area (Å²) in [6.07, 6.45) is 6.24. The Bertz CT molecular complexity index is 512. The lowest BCUT2D eigenvalue weighted by Gasteiger charge is -2.27. The van der Waals surface area contributed by atoms with Gasteiger partial charge in [-0.05, 0) is 49.8 Å². The van der Waals surface area contributed by atoms with Crippen molar-refractivity contribution < 1.29 is 9.47 Å². The summed E-state index contributed by atoms with van der Waals surface area (Å²) in [4.78, 5) is 2.51. The van der Waals surface area contributed by atoms with E-state index in [0.717, 1.165) is 68.0 Å². The fraction of sp³-hybridized carbons (Fsp3) is 0.667. The van der Waals surface area contributed by atoms with Gasteiger partial charge in [-0.1, -0.05) is 15.9 Å². The van der Waals surface area contributed by atoms with Crippen LogP contribution >= 0.6 is 15.9 Å². The molecule has 1 aromatic rings. The van der Waals surface area contributed by atoms with Crippen molar-refractivity contribution in [1.29, 1.82) is 0 Å². The second kappa shape index (κ2) is 8.36. The van der Waals surface area contributed by atoms with Gasteiger partial charge in [0.25, 0.3) is 0 Å². The molecule has 0 radical (unpaired) electrons. The van der Waals surface area contributed by atoms with Crippen molar-refractivity contribution in [2.24, 2.45) is 0 Å². The molecule has 2 aliphatic rings. The van der Waals surface area contributed by atoms with E-state index in [9.17, 15) is 0 Å². The largest absolute Gasteiger partial charge is 0.493 e. The highest BCUT2D eigenvalue weighted by molar-refractivity contribution is 9.10. The number of benzene rings is 1. The normalized spacial score (nSPS) is 19.9. The quantitative estimate of drug-likeness (QED) is 0.818. The molecule has 3 rings (SSSR count). The van der Waals surface area contributed by atoms with Gasteiger partial charge < -0.3 is 19.7 Å². The van der Waals surface area contributed by atoms with E-state index >= 15 is 0 Å². The Morgan fingerprint density at radius 2 is 1.91 bits per heavy atom. The first-order chi connectivity index (χ1) is 11.3. The van der Waals surface area contributed by atoms with Gasteiger partial charge in [0.15, 0.2) is 11.5 Å². The number of hydrogen-bond acceptors (Lipinski definition) is 4. The summed E-state index contributed by atoms with van der Waals surface area (Å²) in [5.41, 5.74) is 1.29. The summed E-state index contributed by atoms with van der Waals surface area (Å²) < 4.78 is 12.9. The highest BCUT2D eigenvalue weighted by atomic mass is 79.9. The molecule has 1 aliphatic heterocycles. The van der Waals surface area contributed by atoms with Crippen LogP contribution in [0, 0.1) is 0 Å². The van der Waals surface area contributed by atoms with Crippen molar-refractivity contribution in [2.45, 2.75) is 38.2 Å². The molecule has 1 saturated carbocycles. The number of hydrogen-bond donors (Lipinski definition) is 1. The average molecular weight is 383 g/mol. The molecule has 1 saturated heterocycles. The van der Waals surface area contributed by atoms with Gasteiger partial charge >= 0.3 is 0 Å². The number of methoxy groups -OCH3 is 1. The molecular formula is C18H27BrN2O2. The minimum Gasteiger partial charge on any atom is -0.493 e. The highest BCUT2D eigenvalue weighted by Crippen LogP contribution is 2.36. The van der Waals surface area contributed by atoms with Crippen LogP contribution in [0.15, 0.2) is 16.6 Å². The van der Waals surface area contributed by atoms with Crippen LogP contribution < -0.4 is 14.8 Å². The number of piperazine rings is 1. The van der Waals surface area contributed by atoms with E-state index in [1.807, 2.05) is 0 Å². The van der Waals surface area contributed by atoms with Crippen molar-refractivity contribution in [3.63, 3.8) is 0 Å². The van der Waals surface area contributed by atoms with Gasteiger partial charge in [-0.2, -0.15) is 0 Å². The molecule has 5 heteroatoms. The van der Waals surface area contributed by atoms with Gasteiger partial charge in [-0.25, -0.2) is 0 Å². The molecule has 1 heterocycles. The van der Waals surface area contributed by atoms with Crippen molar-refractivity contribution >= 4 is 15.9 Å². The molecule has 1 aromatic carbocycles. The summed E-state index contributed by atoms with van der Waals surface area (Å²) in [5, 5.41) is 3.40. The van der Waals surface area contributed by atoms with Gasteiger partial charge in [0.1, 0.15) is 0 Å². The molecule has 2 fully saturated rings. The fourth-order valence-corrected chi connectivity index (χ4v) is 3.94. The van der Waals surface area contributed by atoms with Crippen LogP contribution in [-0.2, 0) is 6.42 Å². The number of nitrogens with one attached hydrogen (secondary N) is 1. The summed E-state index contributed by atoms with van der Waals surface area (Å²) >= 11 is 3.72. The van der Waals surface area contributed by atoms with Gasteiger partial charge in [-0.15, -0.1) is 0 Å². The topological polar surface area (TPSA) is 33.7 Å². The molecule has 0 aromatic heterocycles. The lowest BCUT2D eigenvalue weighted by atomic mass is 10.1. The number of rotatable bonds is 6. The predicted octanol–water partition coefficient (Wildman–Crippen LogP) is 3.23. The minimum absolute atomic E-state index is 0.350. The van der Waals surface area contributed by atoms with Crippen LogP contribution in [0.1, 0.15) is 31.2 Å². The molecule has 0 unspecified atom stereocenters. The Hall–Kier alpha value is -0.780. The first-order valence-electron chi connectivity index (χ1n) is 8.72. The lowest BCUT2D eigenvalue weighted by molar-refractivity contribution is 0.200. The number of nitrogens with zero attached hydrogens (tertiary/aromatic N) is 1. The molecule has 128 valence electrons. The Morgan fingerprint density at radius 1 is 1.17 bits per heavy atom. The maximum Gasteiger partial charge on any atom is 0.162 e. The Balaban J connectivity index is 1.65. The maximum absolute atomic E-state index is 6.15. The second-order valence-electron chi connectivity index (χ2n) is 6.46. The van der Waals surface area contributed by atoms with Crippen LogP contribution in [0.3, 0.4) is 0 Å². The molecule has 0 bridgehead atoms. The average Bonchev–Trinajstić information content (AvgIpc) is 3.08. The van der Waals surface area contributed by atoms with E-state index in [-0.39, 0.29) is 0 Å². The fourth-order valence-electron chi connectivity index (χ4n) is 3.42. The van der Waals surface area contributed by atoms with Crippen molar-refractivity contribution in [3.8, 4) is 11.5 Å². The SMILES string of the molecule is COc1cc(CCN2CCNCC2)c(Br)cc1OC1CCCC1. The molecule has 1 aliphatic carbocycles. The third-order valence-corrected chi connectivity index (χ3v) is 5.57. The van der Waals surface area contributed by atoms with E-state index in [2.05, 4.69) is 38.3 Å². The Labute approximate surface area is 147 Å². The first kappa shape index (κ1) is 17.1. The van der Waals surface area contributed by atoms with E-state index in [4.69, 9.17) is 9.47 Å². The van der Waals surface area contributed by atoms with E-state index in [1.165, 1.54) is 18.4 Å². The molecule has 0 atom stereocenters.